The van der Waals surface area contributed by atoms with E-state index in [9.17, 15) is 0 Å². The molecule has 2 aliphatic rings. The van der Waals surface area contributed by atoms with Gasteiger partial charge < -0.3 is 10.2 Å². The highest BCUT2D eigenvalue weighted by Gasteiger charge is 2.29. The van der Waals surface area contributed by atoms with Crippen molar-refractivity contribution >= 4 is 0 Å². The van der Waals surface area contributed by atoms with E-state index in [0.29, 0.717) is 6.04 Å². The number of hydrogen-bond donors (Lipinski definition) is 1. The third kappa shape index (κ3) is 1.73. The van der Waals surface area contributed by atoms with E-state index in [1.807, 2.05) is 0 Å². The summed E-state index contributed by atoms with van der Waals surface area (Å²) in [5.41, 5.74) is 0. The largest absolute Gasteiger partial charge is 0.372 e. The molecule has 3 atom stereocenters. The number of fused-ring (bicyclic) bond motifs is 1. The van der Waals surface area contributed by atoms with Gasteiger partial charge in [-0.25, -0.2) is 0 Å². The fraction of sp³-hybridized carbons (Fsp3) is 0.818. The molecule has 2 nitrogen and oxygen atoms in total. The van der Waals surface area contributed by atoms with Crippen LogP contribution in [0.5, 0.6) is 0 Å². The normalized spacial score (nSPS) is 34.8. The molecule has 0 aliphatic carbocycles. The molecule has 1 saturated heterocycles. The van der Waals surface area contributed by atoms with Crippen molar-refractivity contribution in [1.82, 2.24) is 10.2 Å². The molecule has 2 heterocycles. The Kier molecular flexibility index (Phi) is 2.58. The minimum Gasteiger partial charge on any atom is -0.372 e. The Labute approximate surface area is 81.0 Å². The molecule has 0 spiro atoms. The molecule has 1 fully saturated rings. The number of piperazine rings is 1. The SMILES string of the molecule is CC[C@H](C)[C@H]1CN2C=CC[C@H]2CN1. The van der Waals surface area contributed by atoms with Gasteiger partial charge in [0.15, 0.2) is 0 Å². The molecular formula is C11H20N2. The van der Waals surface area contributed by atoms with Gasteiger partial charge in [-0.05, 0) is 18.5 Å². The molecule has 1 N–H and O–H groups in total. The van der Waals surface area contributed by atoms with E-state index >= 15 is 0 Å². The van der Waals surface area contributed by atoms with E-state index in [2.05, 4.69) is 36.3 Å². The van der Waals surface area contributed by atoms with Crippen molar-refractivity contribution in [2.75, 3.05) is 13.1 Å². The molecule has 0 aromatic carbocycles. The summed E-state index contributed by atoms with van der Waals surface area (Å²) in [7, 11) is 0. The van der Waals surface area contributed by atoms with E-state index in [1.165, 1.54) is 25.9 Å². The second-order valence-electron chi connectivity index (χ2n) is 4.37. The van der Waals surface area contributed by atoms with Gasteiger partial charge in [0.2, 0.25) is 0 Å². The van der Waals surface area contributed by atoms with Crippen LogP contribution in [-0.4, -0.2) is 30.1 Å². The monoisotopic (exact) mass is 180 g/mol. The van der Waals surface area contributed by atoms with Crippen LogP contribution < -0.4 is 5.32 Å². The highest BCUT2D eigenvalue weighted by atomic mass is 15.2. The van der Waals surface area contributed by atoms with Gasteiger partial charge in [-0.1, -0.05) is 26.3 Å². The first-order valence-electron chi connectivity index (χ1n) is 5.47. The zero-order chi connectivity index (χ0) is 9.26. The van der Waals surface area contributed by atoms with Crippen molar-refractivity contribution < 1.29 is 0 Å². The van der Waals surface area contributed by atoms with Crippen LogP contribution in [0.3, 0.4) is 0 Å². The number of nitrogens with one attached hydrogen (secondary N) is 1. The van der Waals surface area contributed by atoms with Crippen LogP contribution in [-0.2, 0) is 0 Å². The number of rotatable bonds is 2. The van der Waals surface area contributed by atoms with Crippen molar-refractivity contribution in [3.05, 3.63) is 12.3 Å². The maximum Gasteiger partial charge on any atom is 0.0444 e. The lowest BCUT2D eigenvalue weighted by molar-refractivity contribution is 0.171. The van der Waals surface area contributed by atoms with E-state index in [0.717, 1.165) is 12.0 Å². The fourth-order valence-corrected chi connectivity index (χ4v) is 2.27. The highest BCUT2D eigenvalue weighted by Crippen LogP contribution is 2.21. The number of nitrogens with zero attached hydrogens (tertiary/aromatic N) is 1. The topological polar surface area (TPSA) is 15.3 Å². The molecule has 0 aromatic rings. The molecule has 2 heteroatoms. The summed E-state index contributed by atoms with van der Waals surface area (Å²) < 4.78 is 0. The lowest BCUT2D eigenvalue weighted by Gasteiger charge is -2.39. The molecule has 0 unspecified atom stereocenters. The molecule has 2 aliphatic heterocycles. The summed E-state index contributed by atoms with van der Waals surface area (Å²) in [6, 6.07) is 1.45. The lowest BCUT2D eigenvalue weighted by atomic mass is 9.96. The van der Waals surface area contributed by atoms with Crippen molar-refractivity contribution in [3.63, 3.8) is 0 Å². The molecule has 0 bridgehead atoms. The second kappa shape index (κ2) is 3.70. The quantitative estimate of drug-likeness (QED) is 0.694. The van der Waals surface area contributed by atoms with Gasteiger partial charge in [0.05, 0.1) is 0 Å². The van der Waals surface area contributed by atoms with E-state index in [-0.39, 0.29) is 0 Å². The van der Waals surface area contributed by atoms with Crippen LogP contribution in [0.15, 0.2) is 12.3 Å². The molecule has 0 amide bonds. The first-order chi connectivity index (χ1) is 6.31. The maximum atomic E-state index is 3.66. The Morgan fingerprint density at radius 2 is 2.46 bits per heavy atom. The minimum absolute atomic E-state index is 0.698. The molecule has 74 valence electrons. The number of hydrogen-bond acceptors (Lipinski definition) is 2. The molecule has 13 heavy (non-hydrogen) atoms. The lowest BCUT2D eigenvalue weighted by Crippen LogP contribution is -2.55. The van der Waals surface area contributed by atoms with Crippen LogP contribution >= 0.6 is 0 Å². The third-order valence-corrected chi connectivity index (χ3v) is 3.53. The maximum absolute atomic E-state index is 3.66. The zero-order valence-electron chi connectivity index (χ0n) is 8.66. The Morgan fingerprint density at radius 1 is 1.62 bits per heavy atom. The average molecular weight is 180 g/mol. The summed E-state index contributed by atoms with van der Waals surface area (Å²) in [5.74, 6) is 0.801. The fourth-order valence-electron chi connectivity index (χ4n) is 2.27. The van der Waals surface area contributed by atoms with Crippen LogP contribution in [0, 0.1) is 5.92 Å². The Hall–Kier alpha value is -0.500. The van der Waals surface area contributed by atoms with Gasteiger partial charge in [-0.15, -0.1) is 0 Å². The van der Waals surface area contributed by atoms with E-state index in [1.54, 1.807) is 0 Å². The predicted octanol–water partition coefficient (Wildman–Crippen LogP) is 1.59. The highest BCUT2D eigenvalue weighted by molar-refractivity contribution is 5.03. The average Bonchev–Trinajstić information content (AvgIpc) is 2.63. The summed E-state index contributed by atoms with van der Waals surface area (Å²) in [5, 5.41) is 3.66. The first-order valence-corrected chi connectivity index (χ1v) is 5.47. The first kappa shape index (κ1) is 9.07. The van der Waals surface area contributed by atoms with Gasteiger partial charge in [0, 0.05) is 25.2 Å². The van der Waals surface area contributed by atoms with Gasteiger partial charge in [0.1, 0.15) is 0 Å². The molecular weight excluding hydrogens is 160 g/mol. The third-order valence-electron chi connectivity index (χ3n) is 3.53. The minimum atomic E-state index is 0.698. The van der Waals surface area contributed by atoms with Gasteiger partial charge in [-0.3, -0.25) is 0 Å². The molecule has 0 radical (unpaired) electrons. The standard InChI is InChI=1S/C11H20N2/c1-3-9(2)11-8-13-6-4-5-10(13)7-12-11/h4,6,9-12H,3,5,7-8H2,1-2H3/t9-,10-,11+/m0/s1. The summed E-state index contributed by atoms with van der Waals surface area (Å²) in [4.78, 5) is 2.51. The Balaban J connectivity index is 1.92. The van der Waals surface area contributed by atoms with E-state index < -0.39 is 0 Å². The second-order valence-corrected chi connectivity index (χ2v) is 4.37. The van der Waals surface area contributed by atoms with Crippen LogP contribution in [0.1, 0.15) is 26.7 Å². The zero-order valence-corrected chi connectivity index (χ0v) is 8.66. The van der Waals surface area contributed by atoms with Gasteiger partial charge >= 0.3 is 0 Å². The van der Waals surface area contributed by atoms with Crippen molar-refractivity contribution in [1.29, 1.82) is 0 Å². The van der Waals surface area contributed by atoms with E-state index in [4.69, 9.17) is 0 Å². The van der Waals surface area contributed by atoms with Crippen molar-refractivity contribution in [2.45, 2.75) is 38.8 Å². The molecule has 2 rings (SSSR count). The Morgan fingerprint density at radius 3 is 3.23 bits per heavy atom. The predicted molar refractivity (Wildman–Crippen MR) is 55.5 cm³/mol. The van der Waals surface area contributed by atoms with Gasteiger partial charge in [-0.2, -0.15) is 0 Å². The summed E-state index contributed by atoms with van der Waals surface area (Å²) in [6.07, 6.45) is 7.09. The molecule has 0 aromatic heterocycles. The van der Waals surface area contributed by atoms with Crippen molar-refractivity contribution in [3.8, 4) is 0 Å². The van der Waals surface area contributed by atoms with Crippen LogP contribution in [0.2, 0.25) is 0 Å². The Bertz CT molecular complexity index is 200. The smallest absolute Gasteiger partial charge is 0.0444 e. The summed E-state index contributed by atoms with van der Waals surface area (Å²) in [6.45, 7) is 6.99. The van der Waals surface area contributed by atoms with Crippen LogP contribution in [0.4, 0.5) is 0 Å². The van der Waals surface area contributed by atoms with Crippen molar-refractivity contribution in [2.24, 2.45) is 5.92 Å². The van der Waals surface area contributed by atoms with Gasteiger partial charge in [0.25, 0.3) is 0 Å². The van der Waals surface area contributed by atoms with Crippen LogP contribution in [0.25, 0.3) is 0 Å². The summed E-state index contributed by atoms with van der Waals surface area (Å²) >= 11 is 0. The molecule has 0 saturated carbocycles.